The van der Waals surface area contributed by atoms with Crippen LogP contribution in [0.5, 0.6) is 0 Å². The Morgan fingerprint density at radius 2 is 2.53 bits per heavy atom. The Hall–Kier alpha value is -0.870. The Balaban J connectivity index is 1.66. The van der Waals surface area contributed by atoms with Crippen LogP contribution in [0.15, 0.2) is 12.4 Å². The van der Waals surface area contributed by atoms with Crippen molar-refractivity contribution in [1.29, 1.82) is 0 Å². The zero-order chi connectivity index (χ0) is 11.9. The molecule has 0 amide bonds. The van der Waals surface area contributed by atoms with E-state index in [2.05, 4.69) is 23.5 Å². The second-order valence-corrected chi connectivity index (χ2v) is 4.83. The molecule has 0 spiro atoms. The molecule has 17 heavy (non-hydrogen) atoms. The number of hydrogen-bond acceptors (Lipinski definition) is 3. The van der Waals surface area contributed by atoms with Crippen LogP contribution in [-0.4, -0.2) is 29.5 Å². The fourth-order valence-electron chi connectivity index (χ4n) is 2.24. The fraction of sp³-hybridized carbons (Fsp3) is 0.769. The highest BCUT2D eigenvalue weighted by Gasteiger charge is 2.12. The number of nitrogens with zero attached hydrogens (tertiary/aromatic N) is 2. The van der Waals surface area contributed by atoms with Gasteiger partial charge in [-0.15, -0.1) is 0 Å². The molecule has 1 atom stereocenters. The van der Waals surface area contributed by atoms with Crippen LogP contribution in [0, 0.1) is 5.92 Å². The van der Waals surface area contributed by atoms with Crippen LogP contribution in [-0.2, 0) is 17.8 Å². The summed E-state index contributed by atoms with van der Waals surface area (Å²) in [6, 6.07) is 0. The van der Waals surface area contributed by atoms with E-state index in [0.717, 1.165) is 39.3 Å². The third kappa shape index (κ3) is 4.13. The molecule has 1 aliphatic rings. The lowest BCUT2D eigenvalue weighted by Crippen LogP contribution is -2.28. The van der Waals surface area contributed by atoms with Crippen LogP contribution in [0.25, 0.3) is 0 Å². The number of nitrogens with one attached hydrogen (secondary N) is 1. The molecule has 4 heteroatoms. The maximum atomic E-state index is 5.46. The molecule has 1 fully saturated rings. The van der Waals surface area contributed by atoms with Crippen molar-refractivity contribution in [2.45, 2.75) is 39.3 Å². The van der Waals surface area contributed by atoms with Gasteiger partial charge in [0, 0.05) is 38.0 Å². The molecule has 0 aromatic carbocycles. The summed E-state index contributed by atoms with van der Waals surface area (Å²) in [6.07, 6.45) is 7.73. The number of hydrogen-bond donors (Lipinski definition) is 1. The molecule has 1 aliphatic heterocycles. The van der Waals surface area contributed by atoms with E-state index >= 15 is 0 Å². The van der Waals surface area contributed by atoms with Crippen molar-refractivity contribution >= 4 is 0 Å². The number of rotatable bonds is 6. The lowest BCUT2D eigenvalue weighted by molar-refractivity contribution is 0.0547. The minimum absolute atomic E-state index is 0.689. The third-order valence-electron chi connectivity index (χ3n) is 3.16. The summed E-state index contributed by atoms with van der Waals surface area (Å²) in [5.74, 6) is 0.689. The number of aromatic nitrogens is 2. The summed E-state index contributed by atoms with van der Waals surface area (Å²) in [5.41, 5.74) is 1.27. The first-order valence-electron chi connectivity index (χ1n) is 6.68. The van der Waals surface area contributed by atoms with Gasteiger partial charge in [0.15, 0.2) is 0 Å². The van der Waals surface area contributed by atoms with Crippen LogP contribution in [0.2, 0.25) is 0 Å². The third-order valence-corrected chi connectivity index (χ3v) is 3.16. The SMILES string of the molecule is CCCn1cc(CNCC2CCCOC2)cn1. The van der Waals surface area contributed by atoms with Crippen molar-refractivity contribution in [3.8, 4) is 0 Å². The molecule has 0 bridgehead atoms. The minimum Gasteiger partial charge on any atom is -0.381 e. The number of aryl methyl sites for hydroxylation is 1. The van der Waals surface area contributed by atoms with Crippen molar-refractivity contribution in [2.24, 2.45) is 5.92 Å². The van der Waals surface area contributed by atoms with Crippen LogP contribution >= 0.6 is 0 Å². The van der Waals surface area contributed by atoms with Crippen molar-refractivity contribution in [3.63, 3.8) is 0 Å². The molecule has 1 saturated heterocycles. The van der Waals surface area contributed by atoms with Crippen molar-refractivity contribution in [2.75, 3.05) is 19.8 Å². The van der Waals surface area contributed by atoms with Gasteiger partial charge in [-0.25, -0.2) is 0 Å². The first-order chi connectivity index (χ1) is 8.38. The zero-order valence-corrected chi connectivity index (χ0v) is 10.7. The first kappa shape index (κ1) is 12.6. The fourth-order valence-corrected chi connectivity index (χ4v) is 2.24. The van der Waals surface area contributed by atoms with Crippen LogP contribution in [0.3, 0.4) is 0 Å². The van der Waals surface area contributed by atoms with E-state index in [0.29, 0.717) is 5.92 Å². The first-order valence-corrected chi connectivity index (χ1v) is 6.68. The van der Waals surface area contributed by atoms with Gasteiger partial charge in [0.25, 0.3) is 0 Å². The lowest BCUT2D eigenvalue weighted by atomic mass is 10.0. The molecule has 0 saturated carbocycles. The van der Waals surface area contributed by atoms with Crippen LogP contribution in [0.1, 0.15) is 31.7 Å². The van der Waals surface area contributed by atoms with Crippen molar-refractivity contribution in [1.82, 2.24) is 15.1 Å². The van der Waals surface area contributed by atoms with Gasteiger partial charge >= 0.3 is 0 Å². The highest BCUT2D eigenvalue weighted by molar-refractivity contribution is 5.03. The van der Waals surface area contributed by atoms with E-state index in [1.165, 1.54) is 18.4 Å². The van der Waals surface area contributed by atoms with Gasteiger partial charge in [-0.3, -0.25) is 4.68 Å². The smallest absolute Gasteiger partial charge is 0.0534 e. The molecule has 1 N–H and O–H groups in total. The normalized spacial score (nSPS) is 20.6. The summed E-state index contributed by atoms with van der Waals surface area (Å²) < 4.78 is 7.48. The average molecular weight is 237 g/mol. The Morgan fingerprint density at radius 3 is 3.29 bits per heavy atom. The van der Waals surface area contributed by atoms with E-state index in [4.69, 9.17) is 4.74 Å². The molecule has 0 aliphatic carbocycles. The monoisotopic (exact) mass is 237 g/mol. The summed E-state index contributed by atoms with van der Waals surface area (Å²) in [4.78, 5) is 0. The van der Waals surface area contributed by atoms with E-state index < -0.39 is 0 Å². The van der Waals surface area contributed by atoms with Gasteiger partial charge < -0.3 is 10.1 Å². The van der Waals surface area contributed by atoms with Gasteiger partial charge in [0.05, 0.1) is 12.8 Å². The summed E-state index contributed by atoms with van der Waals surface area (Å²) >= 11 is 0. The zero-order valence-electron chi connectivity index (χ0n) is 10.7. The second kappa shape index (κ2) is 6.77. The molecule has 4 nitrogen and oxygen atoms in total. The summed E-state index contributed by atoms with van der Waals surface area (Å²) in [7, 11) is 0. The Kier molecular flexibility index (Phi) is 5.01. The molecular formula is C13H23N3O. The molecule has 1 aromatic heterocycles. The van der Waals surface area contributed by atoms with Gasteiger partial charge in [-0.05, 0) is 25.2 Å². The molecule has 2 heterocycles. The standard InChI is InChI=1S/C13H23N3O/c1-2-5-16-10-13(9-15-16)8-14-7-12-4-3-6-17-11-12/h9-10,12,14H,2-8,11H2,1H3. The maximum Gasteiger partial charge on any atom is 0.0534 e. The molecule has 2 rings (SSSR count). The quantitative estimate of drug-likeness (QED) is 0.820. The van der Waals surface area contributed by atoms with E-state index in [-0.39, 0.29) is 0 Å². The Labute approximate surface area is 103 Å². The van der Waals surface area contributed by atoms with Gasteiger partial charge in [-0.2, -0.15) is 5.10 Å². The Bertz CT molecular complexity index is 318. The summed E-state index contributed by atoms with van der Waals surface area (Å²) in [6.45, 7) is 7.01. The molecule has 96 valence electrons. The predicted octanol–water partition coefficient (Wildman–Crippen LogP) is 1.81. The topological polar surface area (TPSA) is 39.1 Å². The van der Waals surface area contributed by atoms with E-state index in [9.17, 15) is 0 Å². The van der Waals surface area contributed by atoms with Crippen LogP contribution < -0.4 is 5.32 Å². The Morgan fingerprint density at radius 1 is 1.59 bits per heavy atom. The largest absolute Gasteiger partial charge is 0.381 e. The average Bonchev–Trinajstić information content (AvgIpc) is 2.79. The highest BCUT2D eigenvalue weighted by Crippen LogP contribution is 2.12. The molecule has 0 radical (unpaired) electrons. The molecular weight excluding hydrogens is 214 g/mol. The molecule has 1 unspecified atom stereocenters. The van der Waals surface area contributed by atoms with E-state index in [1.807, 2.05) is 10.9 Å². The maximum absolute atomic E-state index is 5.46. The van der Waals surface area contributed by atoms with E-state index in [1.54, 1.807) is 0 Å². The highest BCUT2D eigenvalue weighted by atomic mass is 16.5. The second-order valence-electron chi connectivity index (χ2n) is 4.83. The van der Waals surface area contributed by atoms with Gasteiger partial charge in [0.2, 0.25) is 0 Å². The van der Waals surface area contributed by atoms with Crippen molar-refractivity contribution < 1.29 is 4.74 Å². The molecule has 1 aromatic rings. The lowest BCUT2D eigenvalue weighted by Gasteiger charge is -2.22. The van der Waals surface area contributed by atoms with Crippen LogP contribution in [0.4, 0.5) is 0 Å². The number of ether oxygens (including phenoxy) is 1. The minimum atomic E-state index is 0.689. The van der Waals surface area contributed by atoms with Crippen molar-refractivity contribution in [3.05, 3.63) is 18.0 Å². The predicted molar refractivity (Wildman–Crippen MR) is 67.8 cm³/mol. The summed E-state index contributed by atoms with van der Waals surface area (Å²) in [5, 5.41) is 7.82. The van der Waals surface area contributed by atoms with Gasteiger partial charge in [0.1, 0.15) is 0 Å². The van der Waals surface area contributed by atoms with Gasteiger partial charge in [-0.1, -0.05) is 6.92 Å².